The summed E-state index contributed by atoms with van der Waals surface area (Å²) in [6, 6.07) is 5.12. The van der Waals surface area contributed by atoms with Crippen molar-refractivity contribution in [3.63, 3.8) is 0 Å². The lowest BCUT2D eigenvalue weighted by molar-refractivity contribution is -0.237. The lowest BCUT2D eigenvalue weighted by Crippen LogP contribution is -2.70. The Bertz CT molecular complexity index is 997. The molecule has 4 rings (SSSR count). The third kappa shape index (κ3) is 4.95. The monoisotopic (exact) mass is 492 g/mol. The van der Waals surface area contributed by atoms with Gasteiger partial charge in [0, 0.05) is 24.7 Å². The molecule has 0 spiro atoms. The molecule has 1 aromatic carbocycles. The second-order valence-electron chi connectivity index (χ2n) is 8.55. The van der Waals surface area contributed by atoms with Crippen LogP contribution in [0.5, 0.6) is 0 Å². The van der Waals surface area contributed by atoms with Gasteiger partial charge in [0.1, 0.15) is 0 Å². The summed E-state index contributed by atoms with van der Waals surface area (Å²) in [5.74, 6) is -1.55. The molecule has 1 aromatic rings. The third-order valence-electron chi connectivity index (χ3n) is 6.46. The van der Waals surface area contributed by atoms with Crippen LogP contribution in [0, 0.1) is 0 Å². The summed E-state index contributed by atoms with van der Waals surface area (Å²) in [6.07, 6.45) is 6.21. The minimum atomic E-state index is -1.44. The molecular weight excluding hydrogens is 467 g/mol. The van der Waals surface area contributed by atoms with E-state index in [9.17, 15) is 14.4 Å². The maximum atomic E-state index is 13.6. The Morgan fingerprint density at radius 2 is 1.88 bits per heavy atom. The van der Waals surface area contributed by atoms with Gasteiger partial charge < -0.3 is 9.47 Å². The van der Waals surface area contributed by atoms with Gasteiger partial charge in [0.05, 0.1) is 23.0 Å². The second kappa shape index (κ2) is 9.87. The van der Waals surface area contributed by atoms with E-state index in [1.807, 2.05) is 6.08 Å². The predicted molar refractivity (Wildman–Crippen MR) is 124 cm³/mol. The number of hydrogen-bond donors (Lipinski definition) is 0. The number of benzene rings is 1. The molecule has 2 saturated heterocycles. The average Bonchev–Trinajstić information content (AvgIpc) is 3.22. The number of esters is 2. The van der Waals surface area contributed by atoms with E-state index >= 15 is 0 Å². The Morgan fingerprint density at radius 1 is 1.12 bits per heavy atom. The number of likely N-dealkylation sites (tertiary alicyclic amines) is 2. The lowest BCUT2D eigenvalue weighted by Gasteiger charge is -2.51. The first-order valence-corrected chi connectivity index (χ1v) is 11.8. The van der Waals surface area contributed by atoms with Crippen LogP contribution in [-0.2, 0) is 30.3 Å². The van der Waals surface area contributed by atoms with E-state index < -0.39 is 23.8 Å². The Balaban J connectivity index is 1.70. The van der Waals surface area contributed by atoms with Crippen LogP contribution in [0.1, 0.15) is 31.2 Å². The number of carbonyl (C=O) groups is 3. The standard InChI is InChI=1S/C24H26Cl2N2O5/c1-2-17-5-3-11-27(17)15-24-20(32-22(30)9-10-23(31)33-24)6-4-12-28(24)21(29)14-16-7-8-18(25)19(26)13-16/h2,7-10,13,17,20H,1,3-6,11-12,14-15H2/b10-9-. The Hall–Kier alpha value is -2.35. The fourth-order valence-corrected chi connectivity index (χ4v) is 5.22. The molecule has 0 bridgehead atoms. The molecule has 3 heterocycles. The number of halogens is 2. The first kappa shape index (κ1) is 23.8. The molecular formula is C24H26Cl2N2O5. The van der Waals surface area contributed by atoms with Crippen molar-refractivity contribution >= 4 is 41.0 Å². The maximum absolute atomic E-state index is 13.6. The van der Waals surface area contributed by atoms with Crippen molar-refractivity contribution in [2.45, 2.75) is 50.0 Å². The Morgan fingerprint density at radius 3 is 2.64 bits per heavy atom. The number of rotatable bonds is 5. The maximum Gasteiger partial charge on any atom is 0.333 e. The molecule has 0 aromatic heterocycles. The molecule has 0 radical (unpaired) electrons. The van der Waals surface area contributed by atoms with Crippen molar-refractivity contribution in [2.24, 2.45) is 0 Å². The zero-order chi connectivity index (χ0) is 23.6. The quantitative estimate of drug-likeness (QED) is 0.462. The van der Waals surface area contributed by atoms with Crippen molar-refractivity contribution < 1.29 is 23.9 Å². The molecule has 0 aliphatic carbocycles. The SMILES string of the molecule is C=CC1CCCN1CC12OC(=O)/C=C\C(=O)OC1CCCN2C(=O)Cc1ccc(Cl)c(Cl)c1. The number of piperidine rings is 1. The second-order valence-corrected chi connectivity index (χ2v) is 9.37. The highest BCUT2D eigenvalue weighted by molar-refractivity contribution is 6.42. The minimum Gasteiger partial charge on any atom is -0.453 e. The highest BCUT2D eigenvalue weighted by atomic mass is 35.5. The van der Waals surface area contributed by atoms with Crippen molar-refractivity contribution in [3.05, 3.63) is 58.6 Å². The van der Waals surface area contributed by atoms with Gasteiger partial charge in [0.2, 0.25) is 11.6 Å². The molecule has 9 heteroatoms. The van der Waals surface area contributed by atoms with Gasteiger partial charge >= 0.3 is 11.9 Å². The van der Waals surface area contributed by atoms with Crippen molar-refractivity contribution in [1.82, 2.24) is 9.80 Å². The Labute approximate surface area is 202 Å². The molecule has 3 aliphatic heterocycles. The summed E-state index contributed by atoms with van der Waals surface area (Å²) in [4.78, 5) is 42.2. The van der Waals surface area contributed by atoms with Crippen LogP contribution in [0.4, 0.5) is 0 Å². The summed E-state index contributed by atoms with van der Waals surface area (Å²) < 4.78 is 11.7. The van der Waals surface area contributed by atoms with E-state index in [4.69, 9.17) is 32.7 Å². The molecule has 33 heavy (non-hydrogen) atoms. The molecule has 0 saturated carbocycles. The van der Waals surface area contributed by atoms with Crippen LogP contribution in [0.3, 0.4) is 0 Å². The zero-order valence-electron chi connectivity index (χ0n) is 18.2. The van der Waals surface area contributed by atoms with E-state index in [0.717, 1.165) is 31.5 Å². The van der Waals surface area contributed by atoms with Crippen LogP contribution >= 0.6 is 23.2 Å². The minimum absolute atomic E-state index is 0.0393. The summed E-state index contributed by atoms with van der Waals surface area (Å²) in [6.45, 7) is 5.29. The molecule has 1 amide bonds. The fourth-order valence-electron chi connectivity index (χ4n) is 4.90. The highest BCUT2D eigenvalue weighted by Gasteiger charge is 2.55. The smallest absolute Gasteiger partial charge is 0.333 e. The van der Waals surface area contributed by atoms with Gasteiger partial charge in [-0.1, -0.05) is 35.3 Å². The number of fused-ring (bicyclic) bond motifs is 1. The predicted octanol–water partition coefficient (Wildman–Crippen LogP) is 3.53. The van der Waals surface area contributed by atoms with Crippen LogP contribution in [0.15, 0.2) is 43.0 Å². The molecule has 3 atom stereocenters. The largest absolute Gasteiger partial charge is 0.453 e. The van der Waals surface area contributed by atoms with Crippen molar-refractivity contribution in [1.29, 1.82) is 0 Å². The number of hydrogen-bond acceptors (Lipinski definition) is 6. The topological polar surface area (TPSA) is 76.2 Å². The van der Waals surface area contributed by atoms with Gasteiger partial charge in [0.15, 0.2) is 6.10 Å². The first-order chi connectivity index (χ1) is 15.8. The zero-order valence-corrected chi connectivity index (χ0v) is 19.7. The van der Waals surface area contributed by atoms with E-state index in [1.54, 1.807) is 23.1 Å². The van der Waals surface area contributed by atoms with E-state index in [0.29, 0.717) is 35.0 Å². The van der Waals surface area contributed by atoms with Gasteiger partial charge in [-0.05, 0) is 49.9 Å². The molecule has 0 N–H and O–H groups in total. The van der Waals surface area contributed by atoms with Crippen LogP contribution < -0.4 is 0 Å². The van der Waals surface area contributed by atoms with E-state index in [2.05, 4.69) is 11.5 Å². The fraction of sp³-hybridized carbons (Fsp3) is 0.458. The van der Waals surface area contributed by atoms with Crippen LogP contribution in [-0.4, -0.2) is 65.2 Å². The Kier molecular flexibility index (Phi) is 7.12. The average molecular weight is 493 g/mol. The summed E-state index contributed by atoms with van der Waals surface area (Å²) in [5, 5.41) is 0.759. The van der Waals surface area contributed by atoms with Crippen molar-refractivity contribution in [3.8, 4) is 0 Å². The third-order valence-corrected chi connectivity index (χ3v) is 7.19. The van der Waals surface area contributed by atoms with Gasteiger partial charge in [-0.3, -0.25) is 14.6 Å². The molecule has 3 aliphatic rings. The molecule has 3 unspecified atom stereocenters. The summed E-state index contributed by atoms with van der Waals surface area (Å²) in [7, 11) is 0. The first-order valence-electron chi connectivity index (χ1n) is 11.0. The van der Waals surface area contributed by atoms with Gasteiger partial charge in [-0.2, -0.15) is 0 Å². The van der Waals surface area contributed by atoms with Crippen molar-refractivity contribution in [2.75, 3.05) is 19.6 Å². The summed E-state index contributed by atoms with van der Waals surface area (Å²) in [5.41, 5.74) is -0.750. The highest BCUT2D eigenvalue weighted by Crippen LogP contribution is 2.37. The van der Waals surface area contributed by atoms with Gasteiger partial charge in [-0.25, -0.2) is 9.59 Å². The lowest BCUT2D eigenvalue weighted by atomic mass is 9.91. The van der Waals surface area contributed by atoms with E-state index in [-0.39, 0.29) is 24.9 Å². The number of amides is 1. The van der Waals surface area contributed by atoms with Gasteiger partial charge in [-0.15, -0.1) is 6.58 Å². The molecule has 176 valence electrons. The normalized spacial score (nSPS) is 28.8. The number of ether oxygens (including phenoxy) is 2. The molecule has 2 fully saturated rings. The number of nitrogens with zero attached hydrogens (tertiary/aromatic N) is 2. The van der Waals surface area contributed by atoms with Crippen LogP contribution in [0.25, 0.3) is 0 Å². The van der Waals surface area contributed by atoms with Crippen LogP contribution in [0.2, 0.25) is 10.0 Å². The van der Waals surface area contributed by atoms with Gasteiger partial charge in [0.25, 0.3) is 0 Å². The van der Waals surface area contributed by atoms with E-state index in [1.165, 1.54) is 0 Å². The molecule has 7 nitrogen and oxygen atoms in total. The number of carbonyl (C=O) groups excluding carboxylic acids is 3. The summed E-state index contributed by atoms with van der Waals surface area (Å²) >= 11 is 12.1.